The van der Waals surface area contributed by atoms with Crippen molar-refractivity contribution in [3.8, 4) is 33.4 Å². The largest absolute Gasteiger partial charge is 0.334 e. The molecule has 2 aliphatic heterocycles. The zero-order chi connectivity index (χ0) is 38.9. The van der Waals surface area contributed by atoms with Crippen LogP contribution in [0.1, 0.15) is 112 Å². The van der Waals surface area contributed by atoms with Crippen molar-refractivity contribution in [3.05, 3.63) is 155 Å². The van der Waals surface area contributed by atoms with Crippen molar-refractivity contribution < 1.29 is 0 Å². The third kappa shape index (κ3) is 4.71. The topological polar surface area (TPSA) is 6.48 Å². The predicted octanol–water partition coefficient (Wildman–Crippen LogP) is 14.7. The van der Waals surface area contributed by atoms with Crippen LogP contribution in [0.25, 0.3) is 33.4 Å². The highest BCUT2D eigenvalue weighted by molar-refractivity contribution is 5.89. The van der Waals surface area contributed by atoms with Gasteiger partial charge in [-0.1, -0.05) is 100 Å². The summed E-state index contributed by atoms with van der Waals surface area (Å²) in [5.41, 5.74) is 22.6. The Morgan fingerprint density at radius 1 is 0.421 bits per heavy atom. The maximum Gasteiger partial charge on any atom is 0.0517 e. The van der Waals surface area contributed by atoms with Gasteiger partial charge in [0.15, 0.2) is 0 Å². The molecule has 0 bridgehead atoms. The van der Waals surface area contributed by atoms with Gasteiger partial charge < -0.3 is 9.80 Å². The second-order valence-electron chi connectivity index (χ2n) is 19.3. The van der Waals surface area contributed by atoms with E-state index >= 15 is 0 Å². The summed E-state index contributed by atoms with van der Waals surface area (Å²) >= 11 is 0. The van der Waals surface area contributed by atoms with Crippen LogP contribution in [0.3, 0.4) is 0 Å². The van der Waals surface area contributed by atoms with E-state index in [0.717, 1.165) is 6.42 Å². The second kappa shape index (κ2) is 12.2. The monoisotopic (exact) mass is 744 g/mol. The van der Waals surface area contributed by atoms with Crippen molar-refractivity contribution in [3.63, 3.8) is 0 Å². The molecule has 57 heavy (non-hydrogen) atoms. The van der Waals surface area contributed by atoms with Crippen molar-refractivity contribution in [2.45, 2.75) is 121 Å². The van der Waals surface area contributed by atoms with Crippen molar-refractivity contribution in [2.75, 3.05) is 9.80 Å². The van der Waals surface area contributed by atoms with Crippen molar-refractivity contribution >= 4 is 22.7 Å². The van der Waals surface area contributed by atoms with Gasteiger partial charge in [-0.05, 0) is 187 Å². The van der Waals surface area contributed by atoms with E-state index in [-0.39, 0.29) is 21.9 Å². The summed E-state index contributed by atoms with van der Waals surface area (Å²) in [7, 11) is 0. The van der Waals surface area contributed by atoms with Crippen molar-refractivity contribution in [1.29, 1.82) is 0 Å². The van der Waals surface area contributed by atoms with Crippen LogP contribution in [-0.4, -0.2) is 11.1 Å². The highest BCUT2D eigenvalue weighted by atomic mass is 15.3. The molecule has 4 unspecified atom stereocenters. The minimum absolute atomic E-state index is 0.0514. The van der Waals surface area contributed by atoms with E-state index in [1.165, 1.54) is 141 Å². The van der Waals surface area contributed by atoms with E-state index in [9.17, 15) is 0 Å². The molecule has 2 fully saturated rings. The lowest BCUT2D eigenvalue weighted by Crippen LogP contribution is -2.54. The lowest BCUT2D eigenvalue weighted by atomic mass is 9.61. The third-order valence-corrected chi connectivity index (χ3v) is 16.4. The number of fused-ring (bicyclic) bond motifs is 9. The van der Waals surface area contributed by atoms with Crippen LogP contribution >= 0.6 is 0 Å². The standard InChI is InChI=1S/C55H56N2/c1-36-29-50-48(52(3)25-13-15-27-54(52,5)56(50)42-17-9-7-10-18-42)34-44(36)40-23-21-38-31-39-22-24-41(33-47(39)46(38)32-40)45-35-49-51(30-37(45)2)57(43-19-11-8-12-20-43)55(6)28-16-14-26-53(49,55)4/h7-12,17-24,29-30,32-35H,13-16,25-28,31H2,1-6H3. The number of rotatable bonds is 4. The van der Waals surface area contributed by atoms with E-state index in [2.05, 4.69) is 173 Å². The highest BCUT2D eigenvalue weighted by Gasteiger charge is 2.59. The number of nitrogens with zero attached hydrogens (tertiary/aromatic N) is 2. The first-order valence-electron chi connectivity index (χ1n) is 21.8. The molecule has 2 heteroatoms. The summed E-state index contributed by atoms with van der Waals surface area (Å²) in [6.07, 6.45) is 11.1. The molecule has 0 saturated heterocycles. The van der Waals surface area contributed by atoms with E-state index < -0.39 is 0 Å². The molecule has 11 rings (SSSR count). The quantitative estimate of drug-likeness (QED) is 0.177. The fourth-order valence-corrected chi connectivity index (χ4v) is 12.9. The van der Waals surface area contributed by atoms with Crippen LogP contribution in [0.5, 0.6) is 0 Å². The molecule has 2 nitrogen and oxygen atoms in total. The molecule has 0 radical (unpaired) electrons. The van der Waals surface area contributed by atoms with Gasteiger partial charge in [-0.25, -0.2) is 0 Å². The average molecular weight is 745 g/mol. The summed E-state index contributed by atoms with van der Waals surface area (Å²) in [4.78, 5) is 5.40. The Kier molecular flexibility index (Phi) is 7.52. The van der Waals surface area contributed by atoms with Crippen molar-refractivity contribution in [2.24, 2.45) is 0 Å². The Bertz CT molecular complexity index is 2420. The maximum absolute atomic E-state index is 2.70. The Morgan fingerprint density at radius 3 is 1.25 bits per heavy atom. The van der Waals surface area contributed by atoms with Gasteiger partial charge in [0.25, 0.3) is 0 Å². The van der Waals surface area contributed by atoms with E-state index in [4.69, 9.17) is 0 Å². The van der Waals surface area contributed by atoms with Gasteiger partial charge in [-0.2, -0.15) is 0 Å². The molecular formula is C55H56N2. The molecule has 0 amide bonds. The van der Waals surface area contributed by atoms with E-state index in [1.54, 1.807) is 0 Å². The van der Waals surface area contributed by atoms with Gasteiger partial charge in [-0.15, -0.1) is 0 Å². The first-order valence-corrected chi connectivity index (χ1v) is 21.8. The van der Waals surface area contributed by atoms with Crippen LogP contribution < -0.4 is 9.80 Å². The molecule has 286 valence electrons. The van der Waals surface area contributed by atoms with Crippen LogP contribution in [0.15, 0.2) is 121 Å². The summed E-state index contributed by atoms with van der Waals surface area (Å²) in [6, 6.07) is 47.2. The highest BCUT2D eigenvalue weighted by Crippen LogP contribution is 2.63. The number of para-hydroxylation sites is 2. The van der Waals surface area contributed by atoms with E-state index in [0.29, 0.717) is 0 Å². The summed E-state index contributed by atoms with van der Waals surface area (Å²) < 4.78 is 0. The molecule has 6 aromatic rings. The van der Waals surface area contributed by atoms with Gasteiger partial charge in [0, 0.05) is 33.6 Å². The number of benzene rings is 6. The van der Waals surface area contributed by atoms with Gasteiger partial charge >= 0.3 is 0 Å². The molecule has 0 spiro atoms. The SMILES string of the molecule is Cc1cc2c(cc1-c1ccc3c(c1)-c1cc(-c4cc5c(cc4C)N(c4ccccc4)C4(C)CCCCC54C)ccc1C3)C1(C)CCCCC1(C)N2c1ccccc1. The molecule has 4 atom stereocenters. The summed E-state index contributed by atoms with van der Waals surface area (Å²) in [6.45, 7) is 14.9. The minimum atomic E-state index is 0.0514. The molecule has 6 aromatic carbocycles. The Morgan fingerprint density at radius 2 is 0.825 bits per heavy atom. The lowest BCUT2D eigenvalue weighted by Gasteiger charge is -2.50. The molecule has 3 aliphatic carbocycles. The van der Waals surface area contributed by atoms with Crippen LogP contribution in [0.2, 0.25) is 0 Å². The van der Waals surface area contributed by atoms with Gasteiger partial charge in [0.05, 0.1) is 11.1 Å². The Labute approximate surface area is 340 Å². The fraction of sp³-hybridized carbons (Fsp3) is 0.345. The summed E-state index contributed by atoms with van der Waals surface area (Å²) in [5, 5.41) is 0. The first-order chi connectivity index (χ1) is 27.5. The van der Waals surface area contributed by atoms with Crippen LogP contribution in [0.4, 0.5) is 22.7 Å². The van der Waals surface area contributed by atoms with Crippen LogP contribution in [-0.2, 0) is 17.3 Å². The molecule has 5 aliphatic rings. The minimum Gasteiger partial charge on any atom is -0.334 e. The van der Waals surface area contributed by atoms with Gasteiger partial charge in [0.2, 0.25) is 0 Å². The molecular weight excluding hydrogens is 689 g/mol. The lowest BCUT2D eigenvalue weighted by molar-refractivity contribution is 0.195. The van der Waals surface area contributed by atoms with Gasteiger partial charge in [0.1, 0.15) is 0 Å². The molecule has 0 N–H and O–H groups in total. The zero-order valence-electron chi connectivity index (χ0n) is 34.8. The van der Waals surface area contributed by atoms with Crippen LogP contribution in [0, 0.1) is 13.8 Å². The average Bonchev–Trinajstić information content (AvgIpc) is 3.75. The first kappa shape index (κ1) is 35.1. The number of hydrogen-bond acceptors (Lipinski definition) is 2. The summed E-state index contributed by atoms with van der Waals surface area (Å²) in [5.74, 6) is 0. The number of aryl methyl sites for hydroxylation is 2. The molecule has 2 saturated carbocycles. The second-order valence-corrected chi connectivity index (χ2v) is 19.3. The van der Waals surface area contributed by atoms with Gasteiger partial charge in [-0.3, -0.25) is 0 Å². The molecule has 0 aromatic heterocycles. The Hall–Kier alpha value is -5.08. The number of anilines is 4. The van der Waals surface area contributed by atoms with E-state index in [1.807, 2.05) is 0 Å². The Balaban J connectivity index is 1.00. The molecule has 2 heterocycles. The third-order valence-electron chi connectivity index (χ3n) is 16.4. The maximum atomic E-state index is 2.70. The predicted molar refractivity (Wildman–Crippen MR) is 241 cm³/mol. The fourth-order valence-electron chi connectivity index (χ4n) is 12.9. The zero-order valence-corrected chi connectivity index (χ0v) is 34.8. The normalized spacial score (nSPS) is 26.7. The number of hydrogen-bond donors (Lipinski definition) is 0. The van der Waals surface area contributed by atoms with Crippen molar-refractivity contribution in [1.82, 2.24) is 0 Å². The smallest absolute Gasteiger partial charge is 0.0517 e.